The predicted molar refractivity (Wildman–Crippen MR) is 77.4 cm³/mol. The van der Waals surface area contributed by atoms with Gasteiger partial charge in [-0.25, -0.2) is 4.79 Å². The second-order valence-electron chi connectivity index (χ2n) is 5.09. The van der Waals surface area contributed by atoms with Crippen molar-refractivity contribution in [3.05, 3.63) is 35.9 Å². The van der Waals surface area contributed by atoms with Gasteiger partial charge in [0.1, 0.15) is 11.0 Å². The Bertz CT molecular complexity index is 426. The van der Waals surface area contributed by atoms with Crippen molar-refractivity contribution in [2.45, 2.75) is 32.4 Å². The topological polar surface area (TPSA) is 67.2 Å². The largest absolute Gasteiger partial charge is 0.391 e. The molecule has 98 valence electrons. The molecule has 0 radical (unpaired) electrons. The first-order chi connectivity index (χ1) is 8.29. The van der Waals surface area contributed by atoms with Crippen LogP contribution in [0.2, 0.25) is 0 Å². The number of thiocarbonyl (C=S) groups is 1. The number of amides is 2. The molecule has 1 aromatic carbocycles. The third kappa shape index (κ3) is 4.71. The molecule has 4 N–H and O–H groups in total. The van der Waals surface area contributed by atoms with Gasteiger partial charge in [0, 0.05) is 5.54 Å². The van der Waals surface area contributed by atoms with E-state index < -0.39 is 6.04 Å². The molecule has 1 atom stereocenters. The van der Waals surface area contributed by atoms with Gasteiger partial charge >= 0.3 is 6.03 Å². The number of hydrogen-bond acceptors (Lipinski definition) is 2. The third-order valence-electron chi connectivity index (χ3n) is 2.18. The highest BCUT2D eigenvalue weighted by Gasteiger charge is 2.20. The summed E-state index contributed by atoms with van der Waals surface area (Å²) in [6, 6.07) is 8.67. The van der Waals surface area contributed by atoms with E-state index in [0.29, 0.717) is 0 Å². The molecule has 1 unspecified atom stereocenters. The molecule has 0 heterocycles. The minimum Gasteiger partial charge on any atom is -0.391 e. The Morgan fingerprint density at radius 3 is 2.28 bits per heavy atom. The van der Waals surface area contributed by atoms with Crippen molar-refractivity contribution in [1.82, 2.24) is 10.6 Å². The number of hydrogen-bond donors (Lipinski definition) is 3. The summed E-state index contributed by atoms with van der Waals surface area (Å²) in [7, 11) is 0. The Hall–Kier alpha value is -1.62. The van der Waals surface area contributed by atoms with E-state index in [0.717, 1.165) is 5.56 Å². The standard InChI is InChI=1S/C13H19N3OS/c1-13(2,3)16-12(17)15-10(11(14)18)9-7-5-4-6-8-9/h4-8,10H,1-3H3,(H2,14,18)(H2,15,16,17). The van der Waals surface area contributed by atoms with Gasteiger partial charge in [0.25, 0.3) is 0 Å². The Morgan fingerprint density at radius 1 is 1.28 bits per heavy atom. The lowest BCUT2D eigenvalue weighted by Crippen LogP contribution is -2.49. The number of nitrogens with two attached hydrogens (primary N) is 1. The summed E-state index contributed by atoms with van der Waals surface area (Å²) in [6.07, 6.45) is 0. The van der Waals surface area contributed by atoms with Crippen molar-refractivity contribution in [2.75, 3.05) is 0 Å². The lowest BCUT2D eigenvalue weighted by molar-refractivity contribution is 0.230. The SMILES string of the molecule is CC(C)(C)NC(=O)NC(C(N)=S)c1ccccc1. The van der Waals surface area contributed by atoms with Gasteiger partial charge in [0.05, 0.1) is 0 Å². The van der Waals surface area contributed by atoms with Gasteiger partial charge in [-0.2, -0.15) is 0 Å². The lowest BCUT2D eigenvalue weighted by atomic mass is 10.1. The fourth-order valence-electron chi connectivity index (χ4n) is 1.47. The first-order valence-corrected chi connectivity index (χ1v) is 6.13. The van der Waals surface area contributed by atoms with Crippen LogP contribution in [0.1, 0.15) is 32.4 Å². The number of carbonyl (C=O) groups excluding carboxylic acids is 1. The molecule has 0 aliphatic carbocycles. The van der Waals surface area contributed by atoms with E-state index in [1.54, 1.807) is 0 Å². The summed E-state index contributed by atoms with van der Waals surface area (Å²) < 4.78 is 0. The van der Waals surface area contributed by atoms with Gasteiger partial charge in [-0.05, 0) is 26.3 Å². The Kier molecular flexibility index (Phi) is 4.67. The Balaban J connectivity index is 2.77. The van der Waals surface area contributed by atoms with E-state index in [2.05, 4.69) is 10.6 Å². The smallest absolute Gasteiger partial charge is 0.316 e. The zero-order chi connectivity index (χ0) is 13.8. The summed E-state index contributed by atoms with van der Waals surface area (Å²) in [4.78, 5) is 12.1. The normalized spacial score (nSPS) is 12.6. The minimum atomic E-state index is -0.455. The minimum absolute atomic E-state index is 0.241. The van der Waals surface area contributed by atoms with Crippen molar-refractivity contribution >= 4 is 23.2 Å². The van der Waals surface area contributed by atoms with Gasteiger partial charge < -0.3 is 16.4 Å². The van der Waals surface area contributed by atoms with E-state index in [9.17, 15) is 4.79 Å². The third-order valence-corrected chi connectivity index (χ3v) is 2.42. The van der Waals surface area contributed by atoms with Crippen LogP contribution in [0, 0.1) is 0 Å². The molecule has 5 heteroatoms. The van der Waals surface area contributed by atoms with Gasteiger partial charge in [-0.1, -0.05) is 42.5 Å². The first kappa shape index (κ1) is 14.4. The molecule has 2 amide bonds. The highest BCUT2D eigenvalue weighted by atomic mass is 32.1. The first-order valence-electron chi connectivity index (χ1n) is 5.72. The summed E-state index contributed by atoms with van der Waals surface area (Å²) in [6.45, 7) is 5.72. The lowest BCUT2D eigenvalue weighted by Gasteiger charge is -2.24. The van der Waals surface area contributed by atoms with E-state index in [4.69, 9.17) is 18.0 Å². The number of carbonyl (C=O) groups is 1. The van der Waals surface area contributed by atoms with E-state index in [1.807, 2.05) is 51.1 Å². The maximum absolute atomic E-state index is 11.8. The van der Waals surface area contributed by atoms with Crippen LogP contribution in [0.4, 0.5) is 4.79 Å². The Labute approximate surface area is 113 Å². The van der Waals surface area contributed by atoms with Crippen LogP contribution in [0.3, 0.4) is 0 Å². The summed E-state index contributed by atoms with van der Waals surface area (Å²) in [5.74, 6) is 0. The van der Waals surface area contributed by atoms with Crippen LogP contribution in [0.5, 0.6) is 0 Å². The van der Waals surface area contributed by atoms with E-state index in [-0.39, 0.29) is 16.6 Å². The van der Waals surface area contributed by atoms with Gasteiger partial charge in [0.15, 0.2) is 0 Å². The van der Waals surface area contributed by atoms with E-state index >= 15 is 0 Å². The molecule has 4 nitrogen and oxygen atoms in total. The number of benzene rings is 1. The maximum atomic E-state index is 11.8. The van der Waals surface area contributed by atoms with Crippen molar-refractivity contribution < 1.29 is 4.79 Å². The molecule has 0 fully saturated rings. The van der Waals surface area contributed by atoms with Crippen molar-refractivity contribution in [1.29, 1.82) is 0 Å². The molecule has 18 heavy (non-hydrogen) atoms. The molecular formula is C13H19N3OS. The van der Waals surface area contributed by atoms with Gasteiger partial charge in [-0.15, -0.1) is 0 Å². The van der Waals surface area contributed by atoms with Gasteiger partial charge in [0.2, 0.25) is 0 Å². The van der Waals surface area contributed by atoms with E-state index in [1.165, 1.54) is 0 Å². The molecule has 0 saturated carbocycles. The van der Waals surface area contributed by atoms with Crippen LogP contribution < -0.4 is 16.4 Å². The molecule has 0 aliphatic heterocycles. The van der Waals surface area contributed by atoms with Crippen LogP contribution in [-0.2, 0) is 0 Å². The molecular weight excluding hydrogens is 246 g/mol. The fraction of sp³-hybridized carbons (Fsp3) is 0.385. The average Bonchev–Trinajstić information content (AvgIpc) is 2.24. The monoisotopic (exact) mass is 265 g/mol. The number of rotatable bonds is 3. The van der Waals surface area contributed by atoms with Gasteiger partial charge in [-0.3, -0.25) is 0 Å². The summed E-state index contributed by atoms with van der Waals surface area (Å²) >= 11 is 4.99. The van der Waals surface area contributed by atoms with Crippen LogP contribution >= 0.6 is 12.2 Å². The van der Waals surface area contributed by atoms with Crippen LogP contribution in [-0.4, -0.2) is 16.6 Å². The number of urea groups is 1. The molecule has 0 saturated heterocycles. The highest BCUT2D eigenvalue weighted by molar-refractivity contribution is 7.80. The zero-order valence-corrected chi connectivity index (χ0v) is 11.7. The molecule has 0 spiro atoms. The highest BCUT2D eigenvalue weighted by Crippen LogP contribution is 2.13. The van der Waals surface area contributed by atoms with Crippen LogP contribution in [0.25, 0.3) is 0 Å². The van der Waals surface area contributed by atoms with Crippen molar-refractivity contribution in [3.8, 4) is 0 Å². The van der Waals surface area contributed by atoms with Crippen molar-refractivity contribution in [2.24, 2.45) is 5.73 Å². The molecule has 0 aromatic heterocycles. The molecule has 1 aromatic rings. The quantitative estimate of drug-likeness (QED) is 0.733. The second kappa shape index (κ2) is 5.82. The van der Waals surface area contributed by atoms with Crippen LogP contribution in [0.15, 0.2) is 30.3 Å². The predicted octanol–water partition coefficient (Wildman–Crippen LogP) is 2.11. The Morgan fingerprint density at radius 2 is 1.83 bits per heavy atom. The average molecular weight is 265 g/mol. The summed E-state index contributed by atoms with van der Waals surface area (Å²) in [5.41, 5.74) is 6.24. The molecule has 0 bridgehead atoms. The molecule has 1 rings (SSSR count). The number of nitrogens with one attached hydrogen (secondary N) is 2. The fourth-order valence-corrected chi connectivity index (χ4v) is 1.67. The zero-order valence-electron chi connectivity index (χ0n) is 10.9. The van der Waals surface area contributed by atoms with Crippen molar-refractivity contribution in [3.63, 3.8) is 0 Å². The molecule has 0 aliphatic rings. The summed E-state index contributed by atoms with van der Waals surface area (Å²) in [5, 5.41) is 5.58. The second-order valence-corrected chi connectivity index (χ2v) is 5.57. The maximum Gasteiger partial charge on any atom is 0.316 e.